The number of nitrogens with zero attached hydrogens (tertiary/aromatic N) is 2. The van der Waals surface area contributed by atoms with Crippen molar-refractivity contribution in [2.24, 2.45) is 5.73 Å². The minimum atomic E-state index is -0.270. The zero-order valence-electron chi connectivity index (χ0n) is 11.1. The predicted octanol–water partition coefficient (Wildman–Crippen LogP) is 3.01. The van der Waals surface area contributed by atoms with E-state index in [-0.39, 0.29) is 6.04 Å². The van der Waals surface area contributed by atoms with Crippen molar-refractivity contribution in [1.29, 1.82) is 0 Å². The van der Waals surface area contributed by atoms with Gasteiger partial charge in [-0.25, -0.2) is 0 Å². The van der Waals surface area contributed by atoms with Gasteiger partial charge in [0.2, 0.25) is 0 Å². The lowest BCUT2D eigenvalue weighted by Crippen LogP contribution is -2.09. The van der Waals surface area contributed by atoms with Gasteiger partial charge in [-0.15, -0.1) is 0 Å². The highest BCUT2D eigenvalue weighted by atomic mass is 16.3. The van der Waals surface area contributed by atoms with Crippen LogP contribution in [-0.4, -0.2) is 9.78 Å². The van der Waals surface area contributed by atoms with Crippen molar-refractivity contribution in [3.63, 3.8) is 0 Å². The normalized spacial score (nSPS) is 13.0. The maximum atomic E-state index is 6.24. The Bertz CT molecular complexity index is 711. The van der Waals surface area contributed by atoms with Gasteiger partial charge in [-0.2, -0.15) is 5.10 Å². The van der Waals surface area contributed by atoms with Crippen molar-refractivity contribution in [1.82, 2.24) is 9.78 Å². The third-order valence-electron chi connectivity index (χ3n) is 3.33. The largest absolute Gasteiger partial charge is 0.459 e. The molecule has 19 heavy (non-hydrogen) atoms. The molecule has 1 atom stereocenters. The molecule has 98 valence electrons. The Hall–Kier alpha value is -2.07. The minimum Gasteiger partial charge on any atom is -0.459 e. The van der Waals surface area contributed by atoms with Gasteiger partial charge in [-0.05, 0) is 32.0 Å². The fourth-order valence-electron chi connectivity index (χ4n) is 2.21. The number of benzene rings is 1. The highest BCUT2D eigenvalue weighted by Gasteiger charge is 2.15. The van der Waals surface area contributed by atoms with Gasteiger partial charge in [0.1, 0.15) is 11.3 Å². The molecule has 4 heteroatoms. The Kier molecular flexibility index (Phi) is 2.87. The third kappa shape index (κ3) is 2.15. The second kappa shape index (κ2) is 4.55. The van der Waals surface area contributed by atoms with Crippen molar-refractivity contribution in [2.45, 2.75) is 26.4 Å². The molecule has 0 saturated heterocycles. The molecule has 2 aromatic heterocycles. The minimum absolute atomic E-state index is 0.270. The number of fused-ring (bicyclic) bond motifs is 1. The highest BCUT2D eigenvalue weighted by molar-refractivity contribution is 5.78. The molecule has 0 spiro atoms. The van der Waals surface area contributed by atoms with Crippen molar-refractivity contribution in [2.75, 3.05) is 0 Å². The van der Waals surface area contributed by atoms with Crippen LogP contribution in [-0.2, 0) is 6.54 Å². The molecule has 3 aromatic rings. The summed E-state index contributed by atoms with van der Waals surface area (Å²) in [6.07, 6.45) is 3.76. The number of furan rings is 1. The molecule has 0 saturated carbocycles. The molecular formula is C15H17N3O. The fourth-order valence-corrected chi connectivity index (χ4v) is 2.21. The van der Waals surface area contributed by atoms with Crippen LogP contribution in [0.25, 0.3) is 11.0 Å². The Morgan fingerprint density at radius 1 is 1.37 bits per heavy atom. The van der Waals surface area contributed by atoms with E-state index in [1.165, 1.54) is 5.56 Å². The van der Waals surface area contributed by atoms with E-state index in [1.54, 1.807) is 6.20 Å². The summed E-state index contributed by atoms with van der Waals surface area (Å²) in [5.74, 6) is 0.774. The Balaban J connectivity index is 1.98. The van der Waals surface area contributed by atoms with E-state index in [1.807, 2.05) is 36.0 Å². The van der Waals surface area contributed by atoms with Crippen LogP contribution in [0.5, 0.6) is 0 Å². The van der Waals surface area contributed by atoms with Crippen LogP contribution in [0.4, 0.5) is 0 Å². The molecule has 1 aromatic carbocycles. The van der Waals surface area contributed by atoms with E-state index in [0.29, 0.717) is 0 Å². The van der Waals surface area contributed by atoms with E-state index < -0.39 is 0 Å². The molecule has 0 fully saturated rings. The molecule has 3 rings (SSSR count). The summed E-state index contributed by atoms with van der Waals surface area (Å²) in [6.45, 7) is 4.95. The Morgan fingerprint density at radius 3 is 2.95 bits per heavy atom. The van der Waals surface area contributed by atoms with Gasteiger partial charge in [0.15, 0.2) is 0 Å². The van der Waals surface area contributed by atoms with Crippen LogP contribution in [0, 0.1) is 6.92 Å². The Labute approximate surface area is 111 Å². The van der Waals surface area contributed by atoms with Crippen LogP contribution in [0.1, 0.15) is 29.9 Å². The van der Waals surface area contributed by atoms with Gasteiger partial charge < -0.3 is 10.2 Å². The fraction of sp³-hybridized carbons (Fsp3) is 0.267. The van der Waals surface area contributed by atoms with Gasteiger partial charge in [0.05, 0.1) is 12.2 Å². The smallest absolute Gasteiger partial charge is 0.134 e. The van der Waals surface area contributed by atoms with Gasteiger partial charge >= 0.3 is 0 Å². The van der Waals surface area contributed by atoms with Crippen molar-refractivity contribution in [3.05, 3.63) is 53.5 Å². The molecule has 0 amide bonds. The van der Waals surface area contributed by atoms with E-state index in [4.69, 9.17) is 10.2 Å². The summed E-state index contributed by atoms with van der Waals surface area (Å²) in [5, 5.41) is 5.34. The standard InChI is InChI=1S/C15H17N3O/c1-3-18-9-12(8-17-18)15(16)14-7-11-6-10(2)4-5-13(11)19-14/h4-9,15H,3,16H2,1-2H3. The maximum absolute atomic E-state index is 6.24. The van der Waals surface area contributed by atoms with E-state index in [2.05, 4.69) is 18.1 Å². The zero-order chi connectivity index (χ0) is 13.4. The topological polar surface area (TPSA) is 57.0 Å². The predicted molar refractivity (Wildman–Crippen MR) is 74.9 cm³/mol. The Morgan fingerprint density at radius 2 is 2.21 bits per heavy atom. The van der Waals surface area contributed by atoms with Crippen LogP contribution in [0.3, 0.4) is 0 Å². The van der Waals surface area contributed by atoms with Crippen LogP contribution in [0.2, 0.25) is 0 Å². The van der Waals surface area contributed by atoms with Crippen LogP contribution >= 0.6 is 0 Å². The quantitative estimate of drug-likeness (QED) is 0.782. The first-order valence-electron chi connectivity index (χ1n) is 6.45. The van der Waals surface area contributed by atoms with Gasteiger partial charge in [-0.3, -0.25) is 4.68 Å². The molecule has 0 aliphatic rings. The lowest BCUT2D eigenvalue weighted by Gasteiger charge is -2.04. The summed E-state index contributed by atoms with van der Waals surface area (Å²) in [7, 11) is 0. The maximum Gasteiger partial charge on any atom is 0.134 e. The van der Waals surface area contributed by atoms with Crippen LogP contribution < -0.4 is 5.73 Å². The summed E-state index contributed by atoms with van der Waals surface area (Å²) < 4.78 is 7.68. The average Bonchev–Trinajstić information content (AvgIpc) is 3.03. The van der Waals surface area contributed by atoms with Crippen LogP contribution in [0.15, 0.2) is 41.1 Å². The second-order valence-electron chi connectivity index (χ2n) is 4.80. The zero-order valence-corrected chi connectivity index (χ0v) is 11.1. The first-order valence-corrected chi connectivity index (χ1v) is 6.45. The molecular weight excluding hydrogens is 238 g/mol. The number of nitrogens with two attached hydrogens (primary N) is 1. The molecule has 0 radical (unpaired) electrons. The second-order valence-corrected chi connectivity index (χ2v) is 4.80. The van der Waals surface area contributed by atoms with Gasteiger partial charge in [0.25, 0.3) is 0 Å². The molecule has 0 aliphatic heterocycles. The summed E-state index contributed by atoms with van der Waals surface area (Å²) in [4.78, 5) is 0. The van der Waals surface area contributed by atoms with E-state index in [0.717, 1.165) is 28.8 Å². The summed E-state index contributed by atoms with van der Waals surface area (Å²) in [5.41, 5.74) is 9.30. The average molecular weight is 255 g/mol. The van der Waals surface area contributed by atoms with E-state index in [9.17, 15) is 0 Å². The van der Waals surface area contributed by atoms with E-state index >= 15 is 0 Å². The molecule has 0 bridgehead atoms. The molecule has 1 unspecified atom stereocenters. The third-order valence-corrected chi connectivity index (χ3v) is 3.33. The lowest BCUT2D eigenvalue weighted by molar-refractivity contribution is 0.524. The first kappa shape index (κ1) is 12.0. The summed E-state index contributed by atoms with van der Waals surface area (Å²) >= 11 is 0. The van der Waals surface area contributed by atoms with Crippen molar-refractivity contribution < 1.29 is 4.42 Å². The van der Waals surface area contributed by atoms with Gasteiger partial charge in [0, 0.05) is 23.7 Å². The molecule has 2 heterocycles. The SMILES string of the molecule is CCn1cc(C(N)c2cc3cc(C)ccc3o2)cn1. The molecule has 2 N–H and O–H groups in total. The summed E-state index contributed by atoms with van der Waals surface area (Å²) in [6, 6.07) is 7.86. The number of aryl methyl sites for hydroxylation is 2. The lowest BCUT2D eigenvalue weighted by atomic mass is 10.1. The number of hydrogen-bond acceptors (Lipinski definition) is 3. The number of hydrogen-bond donors (Lipinski definition) is 1. The molecule has 0 aliphatic carbocycles. The highest BCUT2D eigenvalue weighted by Crippen LogP contribution is 2.27. The monoisotopic (exact) mass is 255 g/mol. The van der Waals surface area contributed by atoms with Crippen molar-refractivity contribution >= 4 is 11.0 Å². The number of rotatable bonds is 3. The number of aromatic nitrogens is 2. The molecule has 4 nitrogen and oxygen atoms in total. The van der Waals surface area contributed by atoms with Gasteiger partial charge in [-0.1, -0.05) is 11.6 Å². The first-order chi connectivity index (χ1) is 9.17. The van der Waals surface area contributed by atoms with Crippen molar-refractivity contribution in [3.8, 4) is 0 Å².